The zero-order valence-corrected chi connectivity index (χ0v) is 12.2. The highest BCUT2D eigenvalue weighted by molar-refractivity contribution is 7.13. The molecule has 1 aliphatic rings. The Morgan fingerprint density at radius 1 is 1.58 bits per heavy atom. The monoisotopic (exact) mass is 284 g/mol. The van der Waals surface area contributed by atoms with Crippen molar-refractivity contribution in [3.05, 3.63) is 11.1 Å². The lowest BCUT2D eigenvalue weighted by Gasteiger charge is -2.15. The van der Waals surface area contributed by atoms with E-state index in [9.17, 15) is 4.79 Å². The average Bonchev–Trinajstić information content (AvgIpc) is 3.12. The molecular formula is C13H20N2O3S. The first-order valence-electron chi connectivity index (χ1n) is 6.49. The van der Waals surface area contributed by atoms with Crippen LogP contribution >= 0.6 is 11.3 Å². The predicted molar refractivity (Wildman–Crippen MR) is 74.6 cm³/mol. The Hall–Kier alpha value is -1.14. The number of nitrogens with zero attached hydrogens (tertiary/aromatic N) is 2. The number of thiazole rings is 1. The average molecular weight is 284 g/mol. The van der Waals surface area contributed by atoms with Gasteiger partial charge in [0.1, 0.15) is 0 Å². The normalized spacial score (nSPS) is 14.4. The first-order chi connectivity index (χ1) is 9.19. The van der Waals surface area contributed by atoms with Crippen LogP contribution in [0.4, 0.5) is 5.13 Å². The summed E-state index contributed by atoms with van der Waals surface area (Å²) in [6.07, 6.45) is 2.87. The first-order valence-corrected chi connectivity index (χ1v) is 7.37. The van der Waals surface area contributed by atoms with Gasteiger partial charge in [-0.1, -0.05) is 0 Å². The second-order valence-corrected chi connectivity index (χ2v) is 5.65. The quantitative estimate of drug-likeness (QED) is 0.537. The molecule has 0 saturated heterocycles. The molecule has 5 nitrogen and oxygen atoms in total. The van der Waals surface area contributed by atoms with Crippen LogP contribution in [-0.4, -0.2) is 44.9 Å². The van der Waals surface area contributed by atoms with Crippen LogP contribution in [0.25, 0.3) is 0 Å². The minimum atomic E-state index is -0.257. The Morgan fingerprint density at radius 2 is 2.37 bits per heavy atom. The maximum Gasteiger partial charge on any atom is 0.311 e. The SMILES string of the molecule is COC(=O)Cc1csc(N(C)CCOCC2CC2)n1. The number of esters is 1. The second-order valence-electron chi connectivity index (χ2n) is 4.81. The van der Waals surface area contributed by atoms with E-state index in [2.05, 4.69) is 14.6 Å². The van der Waals surface area contributed by atoms with Crippen molar-refractivity contribution in [2.75, 3.05) is 38.8 Å². The van der Waals surface area contributed by atoms with Crippen molar-refractivity contribution in [2.45, 2.75) is 19.3 Å². The van der Waals surface area contributed by atoms with Crippen molar-refractivity contribution in [2.24, 2.45) is 5.92 Å². The maximum absolute atomic E-state index is 11.1. The van der Waals surface area contributed by atoms with Crippen LogP contribution in [0.5, 0.6) is 0 Å². The van der Waals surface area contributed by atoms with Gasteiger partial charge in [-0.3, -0.25) is 4.79 Å². The Labute approximate surface area is 117 Å². The molecular weight excluding hydrogens is 264 g/mol. The van der Waals surface area contributed by atoms with Gasteiger partial charge in [0.15, 0.2) is 5.13 Å². The van der Waals surface area contributed by atoms with Crippen molar-refractivity contribution >= 4 is 22.4 Å². The third kappa shape index (κ3) is 4.80. The summed E-state index contributed by atoms with van der Waals surface area (Å²) in [7, 11) is 3.38. The van der Waals surface area contributed by atoms with Crippen molar-refractivity contribution in [1.82, 2.24) is 4.98 Å². The zero-order valence-electron chi connectivity index (χ0n) is 11.4. The second kappa shape index (κ2) is 6.86. The molecule has 19 heavy (non-hydrogen) atoms. The largest absolute Gasteiger partial charge is 0.469 e. The number of methoxy groups -OCH3 is 1. The van der Waals surface area contributed by atoms with Gasteiger partial charge in [-0.15, -0.1) is 11.3 Å². The van der Waals surface area contributed by atoms with E-state index in [1.807, 2.05) is 12.4 Å². The summed E-state index contributed by atoms with van der Waals surface area (Å²) in [5.74, 6) is 0.545. The number of ether oxygens (including phenoxy) is 2. The van der Waals surface area contributed by atoms with E-state index in [1.165, 1.54) is 31.3 Å². The third-order valence-electron chi connectivity index (χ3n) is 3.04. The highest BCUT2D eigenvalue weighted by Crippen LogP contribution is 2.28. The van der Waals surface area contributed by atoms with Gasteiger partial charge in [0.25, 0.3) is 0 Å². The molecule has 2 rings (SSSR count). The summed E-state index contributed by atoms with van der Waals surface area (Å²) in [5.41, 5.74) is 0.762. The lowest BCUT2D eigenvalue weighted by atomic mass is 10.3. The molecule has 0 aliphatic heterocycles. The lowest BCUT2D eigenvalue weighted by molar-refractivity contribution is -0.139. The molecule has 1 aromatic heterocycles. The summed E-state index contributed by atoms with van der Waals surface area (Å²) < 4.78 is 10.2. The summed E-state index contributed by atoms with van der Waals surface area (Å²) in [4.78, 5) is 17.6. The van der Waals surface area contributed by atoms with E-state index >= 15 is 0 Å². The number of hydrogen-bond acceptors (Lipinski definition) is 6. The van der Waals surface area contributed by atoms with Gasteiger partial charge in [0.05, 0.1) is 25.8 Å². The minimum Gasteiger partial charge on any atom is -0.469 e. The number of carbonyl (C=O) groups excluding carboxylic acids is 1. The summed E-state index contributed by atoms with van der Waals surface area (Å²) in [6, 6.07) is 0. The standard InChI is InChI=1S/C13H20N2O3S/c1-15(5-6-18-8-10-3-4-10)13-14-11(9-19-13)7-12(16)17-2/h9-10H,3-8H2,1-2H3. The number of carbonyl (C=O) groups is 1. The smallest absolute Gasteiger partial charge is 0.311 e. The van der Waals surface area contributed by atoms with Gasteiger partial charge in [0.2, 0.25) is 0 Å². The van der Waals surface area contributed by atoms with Crippen molar-refractivity contribution in [3.63, 3.8) is 0 Å². The summed E-state index contributed by atoms with van der Waals surface area (Å²) in [6.45, 7) is 2.43. The molecule has 6 heteroatoms. The first kappa shape index (κ1) is 14.3. The maximum atomic E-state index is 11.1. The van der Waals surface area contributed by atoms with Crippen LogP contribution in [0, 0.1) is 5.92 Å². The Morgan fingerprint density at radius 3 is 3.05 bits per heavy atom. The molecule has 1 heterocycles. The van der Waals surface area contributed by atoms with Gasteiger partial charge >= 0.3 is 5.97 Å². The number of likely N-dealkylation sites (N-methyl/N-ethyl adjacent to an activating group) is 1. The van der Waals surface area contributed by atoms with Crippen molar-refractivity contribution in [1.29, 1.82) is 0 Å². The molecule has 0 spiro atoms. The molecule has 106 valence electrons. The molecule has 0 radical (unpaired) electrons. The van der Waals surface area contributed by atoms with Crippen LogP contribution in [0.15, 0.2) is 5.38 Å². The van der Waals surface area contributed by atoms with E-state index in [0.717, 1.165) is 36.5 Å². The van der Waals surface area contributed by atoms with Crippen molar-refractivity contribution in [3.8, 4) is 0 Å². The fourth-order valence-electron chi connectivity index (χ4n) is 1.60. The number of aromatic nitrogens is 1. The fraction of sp³-hybridized carbons (Fsp3) is 0.692. The molecule has 0 unspecified atom stereocenters. The Kier molecular flexibility index (Phi) is 5.15. The molecule has 1 fully saturated rings. The molecule has 0 atom stereocenters. The number of rotatable bonds is 8. The predicted octanol–water partition coefficient (Wildman–Crippen LogP) is 1.72. The number of anilines is 1. The van der Waals surface area contributed by atoms with E-state index < -0.39 is 0 Å². The van der Waals surface area contributed by atoms with Crippen LogP contribution < -0.4 is 4.90 Å². The highest BCUT2D eigenvalue weighted by Gasteiger charge is 2.21. The van der Waals surface area contributed by atoms with Gasteiger partial charge in [-0.2, -0.15) is 0 Å². The van der Waals surface area contributed by atoms with E-state index in [1.54, 1.807) is 0 Å². The van der Waals surface area contributed by atoms with E-state index in [0.29, 0.717) is 0 Å². The molecule has 0 N–H and O–H groups in total. The summed E-state index contributed by atoms with van der Waals surface area (Å²) in [5, 5.41) is 2.81. The molecule has 1 aliphatic carbocycles. The molecule has 0 aromatic carbocycles. The van der Waals surface area contributed by atoms with Crippen LogP contribution in [0.3, 0.4) is 0 Å². The molecule has 1 saturated carbocycles. The van der Waals surface area contributed by atoms with Crippen LogP contribution in [-0.2, 0) is 20.7 Å². The zero-order chi connectivity index (χ0) is 13.7. The van der Waals surface area contributed by atoms with E-state index in [4.69, 9.17) is 4.74 Å². The number of hydrogen-bond donors (Lipinski definition) is 0. The van der Waals surface area contributed by atoms with E-state index in [-0.39, 0.29) is 12.4 Å². The topological polar surface area (TPSA) is 51.7 Å². The molecule has 0 amide bonds. The Balaban J connectivity index is 1.71. The lowest BCUT2D eigenvalue weighted by Crippen LogP contribution is -2.22. The van der Waals surface area contributed by atoms with Gasteiger partial charge in [0, 0.05) is 25.6 Å². The van der Waals surface area contributed by atoms with Gasteiger partial charge in [-0.25, -0.2) is 4.98 Å². The highest BCUT2D eigenvalue weighted by atomic mass is 32.1. The molecule has 0 bridgehead atoms. The van der Waals surface area contributed by atoms with Gasteiger partial charge < -0.3 is 14.4 Å². The molecule has 1 aromatic rings. The van der Waals surface area contributed by atoms with Crippen LogP contribution in [0.2, 0.25) is 0 Å². The third-order valence-corrected chi connectivity index (χ3v) is 4.04. The fourth-order valence-corrected chi connectivity index (χ4v) is 2.42. The summed E-state index contributed by atoms with van der Waals surface area (Å²) >= 11 is 1.54. The minimum absolute atomic E-state index is 0.235. The van der Waals surface area contributed by atoms with Crippen molar-refractivity contribution < 1.29 is 14.3 Å². The van der Waals surface area contributed by atoms with Crippen LogP contribution in [0.1, 0.15) is 18.5 Å². The Bertz CT molecular complexity index is 418. The van der Waals surface area contributed by atoms with Gasteiger partial charge in [-0.05, 0) is 18.8 Å².